The molecular weight excluding hydrogens is 146 g/mol. The second kappa shape index (κ2) is 5.70. The topological polar surface area (TPSA) is 47.9 Å². The molecule has 64 valence electrons. The maximum absolute atomic E-state index is 10.5. The van der Waals surface area contributed by atoms with E-state index >= 15 is 0 Å². The lowest BCUT2D eigenvalue weighted by molar-refractivity contribution is -0.138. The molecule has 0 N–H and O–H groups in total. The molecule has 11 heavy (non-hydrogen) atoms. The molecule has 0 saturated heterocycles. The van der Waals surface area contributed by atoms with Gasteiger partial charge in [0.25, 0.3) is 0 Å². The summed E-state index contributed by atoms with van der Waals surface area (Å²) in [5.41, 5.74) is 0. The van der Waals surface area contributed by atoms with Gasteiger partial charge >= 0.3 is 5.97 Å². The van der Waals surface area contributed by atoms with Crippen molar-refractivity contribution in [2.45, 2.75) is 13.8 Å². The molecule has 0 saturated carbocycles. The zero-order chi connectivity index (χ0) is 8.69. The van der Waals surface area contributed by atoms with Crippen LogP contribution in [0.2, 0.25) is 0 Å². The Kier molecular flexibility index (Phi) is 5.15. The van der Waals surface area contributed by atoms with Crippen molar-refractivity contribution in [1.29, 1.82) is 0 Å². The minimum absolute atomic E-state index is 0.0301. The number of hydrogen-bond acceptors (Lipinski definition) is 4. The number of esters is 1. The van der Waals surface area contributed by atoms with E-state index in [0.717, 1.165) is 0 Å². The van der Waals surface area contributed by atoms with Gasteiger partial charge in [0.2, 0.25) is 0 Å². The minimum atomic E-state index is -0.357. The first kappa shape index (κ1) is 9.94. The molecule has 0 atom stereocenters. The monoisotopic (exact) mass is 159 g/mol. The largest absolute Gasteiger partial charge is 0.481 e. The van der Waals surface area contributed by atoms with Gasteiger partial charge in [0, 0.05) is 6.92 Å². The van der Waals surface area contributed by atoms with Gasteiger partial charge in [-0.05, 0) is 6.92 Å². The van der Waals surface area contributed by atoms with Gasteiger partial charge in [0.1, 0.15) is 6.54 Å². The Morgan fingerprint density at radius 1 is 1.55 bits per heavy atom. The third-order valence-corrected chi connectivity index (χ3v) is 1.01. The lowest BCUT2D eigenvalue weighted by Crippen LogP contribution is -2.08. The number of nitrogens with zero attached hydrogens (tertiary/aromatic N) is 1. The molecule has 0 aliphatic carbocycles. The minimum Gasteiger partial charge on any atom is -0.481 e. The average molecular weight is 159 g/mol. The quantitative estimate of drug-likeness (QED) is 0.344. The van der Waals surface area contributed by atoms with E-state index < -0.39 is 0 Å². The molecule has 0 aromatic heterocycles. The summed E-state index contributed by atoms with van der Waals surface area (Å²) in [5, 5.41) is 0. The van der Waals surface area contributed by atoms with E-state index in [1.807, 2.05) is 6.92 Å². The van der Waals surface area contributed by atoms with Crippen LogP contribution in [0.15, 0.2) is 4.99 Å². The van der Waals surface area contributed by atoms with Gasteiger partial charge in [0.15, 0.2) is 5.90 Å². The summed E-state index contributed by atoms with van der Waals surface area (Å²) in [6.07, 6.45) is 0. The van der Waals surface area contributed by atoms with Crippen LogP contribution in [0.4, 0.5) is 0 Å². The van der Waals surface area contributed by atoms with Crippen LogP contribution < -0.4 is 0 Å². The highest BCUT2D eigenvalue weighted by Crippen LogP contribution is 1.83. The Morgan fingerprint density at radius 3 is 2.64 bits per heavy atom. The van der Waals surface area contributed by atoms with E-state index in [0.29, 0.717) is 12.5 Å². The van der Waals surface area contributed by atoms with E-state index in [1.54, 1.807) is 6.92 Å². The number of ether oxygens (including phenoxy) is 2. The molecule has 4 nitrogen and oxygen atoms in total. The summed E-state index contributed by atoms with van der Waals surface area (Å²) >= 11 is 0. The molecule has 0 unspecified atom stereocenters. The first-order valence-electron chi connectivity index (χ1n) is 3.41. The number of carbonyl (C=O) groups excluding carboxylic acids is 1. The summed E-state index contributed by atoms with van der Waals surface area (Å²) in [6.45, 7) is 4.16. The number of rotatable bonds is 3. The van der Waals surface area contributed by atoms with Crippen molar-refractivity contribution >= 4 is 11.9 Å². The molecule has 0 radical (unpaired) electrons. The summed E-state index contributed by atoms with van der Waals surface area (Å²) < 4.78 is 9.36. The maximum atomic E-state index is 10.5. The van der Waals surface area contributed by atoms with Gasteiger partial charge in [-0.3, -0.25) is 4.79 Å². The van der Waals surface area contributed by atoms with Gasteiger partial charge < -0.3 is 9.47 Å². The van der Waals surface area contributed by atoms with Crippen LogP contribution in [0.25, 0.3) is 0 Å². The standard InChI is InChI=1S/C7H13NO3/c1-4-11-6(2)8-5-7(9)10-3/h4-5H2,1-3H3/b8-6-. The predicted molar refractivity (Wildman–Crippen MR) is 41.6 cm³/mol. The molecule has 0 bridgehead atoms. The second-order valence-corrected chi connectivity index (χ2v) is 1.84. The van der Waals surface area contributed by atoms with E-state index in [4.69, 9.17) is 4.74 Å². The van der Waals surface area contributed by atoms with E-state index in [1.165, 1.54) is 7.11 Å². The van der Waals surface area contributed by atoms with Crippen LogP contribution in [0.5, 0.6) is 0 Å². The summed E-state index contributed by atoms with van der Waals surface area (Å²) in [7, 11) is 1.33. The maximum Gasteiger partial charge on any atom is 0.327 e. The Labute approximate surface area is 66.2 Å². The second-order valence-electron chi connectivity index (χ2n) is 1.84. The average Bonchev–Trinajstić information content (AvgIpc) is 2.01. The highest BCUT2D eigenvalue weighted by atomic mass is 16.5. The van der Waals surface area contributed by atoms with Crippen LogP contribution in [0.1, 0.15) is 13.8 Å². The molecule has 4 heteroatoms. The third kappa shape index (κ3) is 5.39. The van der Waals surface area contributed by atoms with Gasteiger partial charge in [-0.15, -0.1) is 0 Å². The number of methoxy groups -OCH3 is 1. The highest BCUT2D eigenvalue weighted by Gasteiger charge is 1.96. The molecule has 0 amide bonds. The van der Waals surface area contributed by atoms with Gasteiger partial charge in [-0.2, -0.15) is 0 Å². The molecule has 0 fully saturated rings. The molecule has 0 aromatic rings. The lowest BCUT2D eigenvalue weighted by atomic mass is 10.6. The van der Waals surface area contributed by atoms with Gasteiger partial charge in [-0.25, -0.2) is 4.99 Å². The van der Waals surface area contributed by atoms with Crippen LogP contribution in [-0.2, 0) is 14.3 Å². The number of hydrogen-bond donors (Lipinski definition) is 0. The number of carbonyl (C=O) groups is 1. The van der Waals surface area contributed by atoms with Crippen molar-refractivity contribution in [2.75, 3.05) is 20.3 Å². The Morgan fingerprint density at radius 2 is 2.18 bits per heavy atom. The molecule has 0 aliphatic heterocycles. The van der Waals surface area contributed by atoms with Gasteiger partial charge in [-0.1, -0.05) is 0 Å². The van der Waals surface area contributed by atoms with Crippen molar-refractivity contribution in [3.63, 3.8) is 0 Å². The summed E-state index contributed by atoms with van der Waals surface area (Å²) in [4.78, 5) is 14.3. The number of aliphatic imine (C=N–C) groups is 1. The molecule has 0 aromatic carbocycles. The van der Waals surface area contributed by atoms with E-state index in [2.05, 4.69) is 9.73 Å². The van der Waals surface area contributed by atoms with Crippen LogP contribution in [0, 0.1) is 0 Å². The smallest absolute Gasteiger partial charge is 0.327 e. The zero-order valence-corrected chi connectivity index (χ0v) is 7.09. The molecule has 0 heterocycles. The fourth-order valence-corrected chi connectivity index (χ4v) is 0.495. The van der Waals surface area contributed by atoms with Crippen molar-refractivity contribution in [2.24, 2.45) is 4.99 Å². The summed E-state index contributed by atoms with van der Waals surface area (Å²) in [5.74, 6) is 0.155. The molecule has 0 spiro atoms. The molecule has 0 rings (SSSR count). The Balaban J connectivity index is 3.63. The van der Waals surface area contributed by atoms with Gasteiger partial charge in [0.05, 0.1) is 13.7 Å². The van der Waals surface area contributed by atoms with Crippen molar-refractivity contribution in [3.05, 3.63) is 0 Å². The molecule has 0 aliphatic rings. The third-order valence-electron chi connectivity index (χ3n) is 1.01. The first-order chi connectivity index (χ1) is 5.20. The van der Waals surface area contributed by atoms with Crippen LogP contribution >= 0.6 is 0 Å². The Hall–Kier alpha value is -1.06. The fourth-order valence-electron chi connectivity index (χ4n) is 0.495. The molecular formula is C7H13NO3. The first-order valence-corrected chi connectivity index (χ1v) is 3.41. The van der Waals surface area contributed by atoms with E-state index in [-0.39, 0.29) is 12.5 Å². The van der Waals surface area contributed by atoms with E-state index in [9.17, 15) is 4.79 Å². The van der Waals surface area contributed by atoms with Crippen LogP contribution in [0.3, 0.4) is 0 Å². The van der Waals surface area contributed by atoms with Crippen molar-refractivity contribution in [1.82, 2.24) is 0 Å². The normalized spacial score (nSPS) is 11.0. The van der Waals surface area contributed by atoms with Crippen molar-refractivity contribution < 1.29 is 14.3 Å². The highest BCUT2D eigenvalue weighted by molar-refractivity contribution is 5.78. The fraction of sp³-hybridized carbons (Fsp3) is 0.714. The SMILES string of the molecule is CCO/C(C)=N\CC(=O)OC. The predicted octanol–water partition coefficient (Wildman–Crippen LogP) is 0.614. The van der Waals surface area contributed by atoms with Crippen molar-refractivity contribution in [3.8, 4) is 0 Å². The summed E-state index contributed by atoms with van der Waals surface area (Å²) in [6, 6.07) is 0. The van der Waals surface area contributed by atoms with Crippen LogP contribution in [-0.4, -0.2) is 32.1 Å². The zero-order valence-electron chi connectivity index (χ0n) is 7.09. The Bertz CT molecular complexity index is 154. The lowest BCUT2D eigenvalue weighted by Gasteiger charge is -1.99.